The topological polar surface area (TPSA) is 66.6 Å². The number of hydrogen-bond acceptors (Lipinski definition) is 4. The van der Waals surface area contributed by atoms with Gasteiger partial charge in [0.05, 0.1) is 6.26 Å². The van der Waals surface area contributed by atoms with E-state index in [4.69, 9.17) is 5.73 Å². The second-order valence-electron chi connectivity index (χ2n) is 6.35. The highest BCUT2D eigenvalue weighted by molar-refractivity contribution is 7.88. The van der Waals surface area contributed by atoms with E-state index < -0.39 is 10.0 Å². The van der Waals surface area contributed by atoms with Crippen molar-refractivity contribution in [3.05, 3.63) is 0 Å². The van der Waals surface area contributed by atoms with E-state index >= 15 is 0 Å². The maximum Gasteiger partial charge on any atom is 0.211 e. The van der Waals surface area contributed by atoms with Crippen LogP contribution in [0.1, 0.15) is 32.6 Å². The first-order valence-electron chi connectivity index (χ1n) is 7.25. The third-order valence-corrected chi connectivity index (χ3v) is 6.17. The van der Waals surface area contributed by atoms with Gasteiger partial charge in [0.1, 0.15) is 0 Å². The standard InChI is InChI=1S/C13H27N3O2S/c1-13(11-14,10-12-4-3-5-12)15-6-8-16(9-7-15)19(2,17)18/h12H,3-11,14H2,1-2H3. The van der Waals surface area contributed by atoms with Crippen LogP contribution in [0.15, 0.2) is 0 Å². The molecule has 0 spiro atoms. The molecule has 5 nitrogen and oxygen atoms in total. The molecule has 1 heterocycles. The lowest BCUT2D eigenvalue weighted by Gasteiger charge is -2.47. The molecule has 2 fully saturated rings. The highest BCUT2D eigenvalue weighted by Crippen LogP contribution is 2.36. The summed E-state index contributed by atoms with van der Waals surface area (Å²) in [5, 5.41) is 0. The van der Waals surface area contributed by atoms with E-state index in [1.807, 2.05) is 0 Å². The van der Waals surface area contributed by atoms with Crippen molar-refractivity contribution >= 4 is 10.0 Å². The van der Waals surface area contributed by atoms with Crippen molar-refractivity contribution < 1.29 is 8.42 Å². The second-order valence-corrected chi connectivity index (χ2v) is 8.33. The van der Waals surface area contributed by atoms with Crippen LogP contribution in [0.5, 0.6) is 0 Å². The number of nitrogens with zero attached hydrogens (tertiary/aromatic N) is 2. The highest BCUT2D eigenvalue weighted by atomic mass is 32.2. The van der Waals surface area contributed by atoms with Gasteiger partial charge in [0.15, 0.2) is 0 Å². The Morgan fingerprint density at radius 3 is 2.16 bits per heavy atom. The first-order chi connectivity index (χ1) is 8.85. The molecule has 1 unspecified atom stereocenters. The molecule has 2 N–H and O–H groups in total. The third kappa shape index (κ3) is 3.48. The fourth-order valence-corrected chi connectivity index (χ4v) is 4.05. The van der Waals surface area contributed by atoms with Crippen molar-refractivity contribution in [2.75, 3.05) is 39.0 Å². The first-order valence-corrected chi connectivity index (χ1v) is 9.10. The lowest BCUT2D eigenvalue weighted by Crippen LogP contribution is -2.60. The van der Waals surface area contributed by atoms with Crippen molar-refractivity contribution in [2.45, 2.75) is 38.1 Å². The molecule has 0 aromatic carbocycles. The van der Waals surface area contributed by atoms with E-state index in [0.29, 0.717) is 19.6 Å². The van der Waals surface area contributed by atoms with Crippen LogP contribution in [0.3, 0.4) is 0 Å². The van der Waals surface area contributed by atoms with Gasteiger partial charge in [-0.05, 0) is 19.3 Å². The van der Waals surface area contributed by atoms with Crippen LogP contribution in [-0.2, 0) is 10.0 Å². The van der Waals surface area contributed by atoms with Gasteiger partial charge >= 0.3 is 0 Å². The fourth-order valence-electron chi connectivity index (χ4n) is 3.22. The van der Waals surface area contributed by atoms with Gasteiger partial charge in [0, 0.05) is 38.3 Å². The summed E-state index contributed by atoms with van der Waals surface area (Å²) in [4.78, 5) is 2.40. The van der Waals surface area contributed by atoms with E-state index in [0.717, 1.165) is 25.4 Å². The number of rotatable bonds is 5. The summed E-state index contributed by atoms with van der Waals surface area (Å²) in [6, 6.07) is 0. The van der Waals surface area contributed by atoms with Crippen LogP contribution in [0, 0.1) is 5.92 Å². The Kier molecular flexibility index (Phi) is 4.55. The molecule has 1 saturated carbocycles. The molecule has 1 aliphatic heterocycles. The molecule has 2 rings (SSSR count). The minimum atomic E-state index is -3.04. The maximum absolute atomic E-state index is 11.5. The lowest BCUT2D eigenvalue weighted by molar-refractivity contribution is 0.0415. The molecule has 1 saturated heterocycles. The Morgan fingerprint density at radius 2 is 1.79 bits per heavy atom. The molecule has 6 heteroatoms. The van der Waals surface area contributed by atoms with Gasteiger partial charge in [0.2, 0.25) is 10.0 Å². The zero-order valence-corrected chi connectivity index (χ0v) is 13.0. The van der Waals surface area contributed by atoms with Gasteiger partial charge in [-0.3, -0.25) is 4.90 Å². The second kappa shape index (κ2) is 5.68. The van der Waals surface area contributed by atoms with Crippen LogP contribution in [0.4, 0.5) is 0 Å². The summed E-state index contributed by atoms with van der Waals surface area (Å²) in [6.07, 6.45) is 6.46. The van der Waals surface area contributed by atoms with Gasteiger partial charge in [0.25, 0.3) is 0 Å². The Bertz CT molecular complexity index is 400. The molecule has 0 amide bonds. The van der Waals surface area contributed by atoms with E-state index in [1.165, 1.54) is 25.5 Å². The van der Waals surface area contributed by atoms with Crippen LogP contribution in [0.25, 0.3) is 0 Å². The van der Waals surface area contributed by atoms with Crippen molar-refractivity contribution in [3.8, 4) is 0 Å². The summed E-state index contributed by atoms with van der Waals surface area (Å²) >= 11 is 0. The van der Waals surface area contributed by atoms with Crippen LogP contribution >= 0.6 is 0 Å². The Labute approximate surface area is 117 Å². The van der Waals surface area contributed by atoms with Gasteiger partial charge in [-0.25, -0.2) is 8.42 Å². The highest BCUT2D eigenvalue weighted by Gasteiger charge is 2.37. The van der Waals surface area contributed by atoms with E-state index in [-0.39, 0.29) is 5.54 Å². The number of sulfonamides is 1. The SMILES string of the molecule is CC(CN)(CC1CCC1)N1CCN(S(C)(=O)=O)CC1. The molecular formula is C13H27N3O2S. The Hall–Kier alpha value is -0.170. The van der Waals surface area contributed by atoms with Gasteiger partial charge in [-0.15, -0.1) is 0 Å². The zero-order valence-electron chi connectivity index (χ0n) is 12.1. The lowest BCUT2D eigenvalue weighted by atomic mass is 9.76. The summed E-state index contributed by atoms with van der Waals surface area (Å²) in [6.45, 7) is 5.68. The third-order valence-electron chi connectivity index (χ3n) is 4.86. The Balaban J connectivity index is 1.94. The number of hydrogen-bond donors (Lipinski definition) is 1. The van der Waals surface area contributed by atoms with Crippen LogP contribution in [-0.4, -0.2) is 62.1 Å². The molecule has 0 radical (unpaired) electrons. The maximum atomic E-state index is 11.5. The molecule has 1 atom stereocenters. The van der Waals surface area contributed by atoms with E-state index in [9.17, 15) is 8.42 Å². The first kappa shape index (κ1) is 15.2. The summed E-state index contributed by atoms with van der Waals surface area (Å²) in [5.74, 6) is 0.821. The van der Waals surface area contributed by atoms with Gasteiger partial charge < -0.3 is 5.73 Å². The Morgan fingerprint density at radius 1 is 1.21 bits per heavy atom. The zero-order chi connectivity index (χ0) is 14.1. The monoisotopic (exact) mass is 289 g/mol. The molecule has 19 heavy (non-hydrogen) atoms. The number of nitrogens with two attached hydrogens (primary N) is 1. The van der Waals surface area contributed by atoms with Crippen molar-refractivity contribution in [1.29, 1.82) is 0 Å². The molecule has 2 aliphatic rings. The minimum Gasteiger partial charge on any atom is -0.329 e. The van der Waals surface area contributed by atoms with Crippen LogP contribution in [0.2, 0.25) is 0 Å². The molecule has 0 aromatic rings. The average Bonchev–Trinajstić information content (AvgIpc) is 2.33. The normalized spacial score (nSPS) is 26.9. The smallest absolute Gasteiger partial charge is 0.211 e. The predicted molar refractivity (Wildman–Crippen MR) is 77.4 cm³/mol. The van der Waals surface area contributed by atoms with Crippen molar-refractivity contribution in [2.24, 2.45) is 11.7 Å². The summed E-state index contributed by atoms with van der Waals surface area (Å²) in [5.41, 5.74) is 6.05. The molecule has 0 bridgehead atoms. The van der Waals surface area contributed by atoms with Crippen LogP contribution < -0.4 is 5.73 Å². The van der Waals surface area contributed by atoms with E-state index in [2.05, 4.69) is 11.8 Å². The molecular weight excluding hydrogens is 262 g/mol. The van der Waals surface area contributed by atoms with Crippen molar-refractivity contribution in [1.82, 2.24) is 9.21 Å². The largest absolute Gasteiger partial charge is 0.329 e. The predicted octanol–water partition coefficient (Wildman–Crippen LogP) is 0.471. The van der Waals surface area contributed by atoms with Gasteiger partial charge in [-0.2, -0.15) is 4.31 Å². The summed E-state index contributed by atoms with van der Waals surface area (Å²) < 4.78 is 24.6. The molecule has 112 valence electrons. The fraction of sp³-hybridized carbons (Fsp3) is 1.00. The van der Waals surface area contributed by atoms with E-state index in [1.54, 1.807) is 4.31 Å². The number of piperazine rings is 1. The average molecular weight is 289 g/mol. The quantitative estimate of drug-likeness (QED) is 0.799. The molecule has 1 aliphatic carbocycles. The summed E-state index contributed by atoms with van der Waals surface area (Å²) in [7, 11) is -3.04. The van der Waals surface area contributed by atoms with Gasteiger partial charge in [-0.1, -0.05) is 19.3 Å². The minimum absolute atomic E-state index is 0.0364. The molecule has 0 aromatic heterocycles. The van der Waals surface area contributed by atoms with Crippen molar-refractivity contribution in [3.63, 3.8) is 0 Å².